The minimum Gasteiger partial charge on any atom is -0.277 e. The Hall–Kier alpha value is -1.31. The van der Waals surface area contributed by atoms with Gasteiger partial charge in [0.05, 0.1) is 25.9 Å². The molecule has 0 bridgehead atoms. The summed E-state index contributed by atoms with van der Waals surface area (Å²) in [5.74, 6) is 1.09. The lowest BCUT2D eigenvalue weighted by atomic mass is 10.2. The highest BCUT2D eigenvalue weighted by atomic mass is 15.1. The van der Waals surface area contributed by atoms with Crippen LogP contribution in [0.25, 0.3) is 6.08 Å². The lowest BCUT2D eigenvalue weighted by Crippen LogP contribution is -2.31. The third kappa shape index (κ3) is 1.40. The maximum absolute atomic E-state index is 3.73. The molecule has 0 saturated heterocycles. The monoisotopic (exact) mass is 149 g/mol. The van der Waals surface area contributed by atoms with E-state index < -0.39 is 0 Å². The van der Waals surface area contributed by atoms with E-state index in [1.54, 1.807) is 0 Å². The quantitative estimate of drug-likeness (QED) is 0.625. The Morgan fingerprint density at radius 1 is 1.64 bits per heavy atom. The minimum atomic E-state index is 1.09. The highest BCUT2D eigenvalue weighted by Crippen LogP contribution is 2.08. The molecular formula is C9H13N2+. The van der Waals surface area contributed by atoms with E-state index >= 15 is 0 Å². The highest BCUT2D eigenvalue weighted by Gasteiger charge is 2.05. The van der Waals surface area contributed by atoms with Gasteiger partial charge in [-0.1, -0.05) is 12.7 Å². The van der Waals surface area contributed by atoms with Crippen LogP contribution in [0.2, 0.25) is 0 Å². The molecule has 1 rings (SSSR count). The van der Waals surface area contributed by atoms with Crippen molar-refractivity contribution in [2.24, 2.45) is 7.05 Å². The third-order valence-electron chi connectivity index (χ3n) is 1.67. The number of nitrogens with one attached hydrogen (secondary N) is 1. The van der Waals surface area contributed by atoms with E-state index in [4.69, 9.17) is 0 Å². The van der Waals surface area contributed by atoms with Crippen LogP contribution in [-0.4, -0.2) is 7.05 Å². The Balaban J connectivity index is 3.23. The molecule has 2 heteroatoms. The molecule has 0 unspecified atom stereocenters. The molecule has 0 aliphatic rings. The molecule has 0 spiro atoms. The molecule has 0 amide bonds. The van der Waals surface area contributed by atoms with E-state index in [1.165, 1.54) is 0 Å². The zero-order valence-corrected chi connectivity index (χ0v) is 6.96. The van der Waals surface area contributed by atoms with E-state index in [0.717, 1.165) is 11.4 Å². The number of aromatic nitrogens is 1. The van der Waals surface area contributed by atoms with Gasteiger partial charge < -0.3 is 0 Å². The number of nitrogens with zero attached hydrogens (tertiary/aromatic N) is 1. The molecule has 1 heterocycles. The maximum Gasteiger partial charge on any atom is 0.281 e. The maximum atomic E-state index is 3.73. The summed E-state index contributed by atoms with van der Waals surface area (Å²) in [6.07, 6.45) is 3.84. The molecule has 2 nitrogen and oxygen atoms in total. The fraction of sp³-hybridized carbons (Fsp3) is 0.222. The van der Waals surface area contributed by atoms with Crippen LogP contribution >= 0.6 is 0 Å². The van der Waals surface area contributed by atoms with E-state index in [0.29, 0.717) is 0 Å². The van der Waals surface area contributed by atoms with Gasteiger partial charge in [-0.15, -0.1) is 0 Å². The third-order valence-corrected chi connectivity index (χ3v) is 1.67. The summed E-state index contributed by atoms with van der Waals surface area (Å²) >= 11 is 0. The molecule has 0 aliphatic carbocycles. The molecule has 0 aromatic carbocycles. The number of hydrogen-bond donors (Lipinski definition) is 1. The number of hydrogen-bond acceptors (Lipinski definition) is 1. The largest absolute Gasteiger partial charge is 0.281 e. The zero-order valence-electron chi connectivity index (χ0n) is 6.96. The molecule has 0 fully saturated rings. The van der Waals surface area contributed by atoms with Crippen molar-refractivity contribution in [1.82, 2.24) is 0 Å². The van der Waals surface area contributed by atoms with Crippen LogP contribution in [0.3, 0.4) is 0 Å². The van der Waals surface area contributed by atoms with Gasteiger partial charge in [-0.25, -0.2) is 4.57 Å². The van der Waals surface area contributed by atoms with E-state index in [-0.39, 0.29) is 0 Å². The van der Waals surface area contributed by atoms with Crippen molar-refractivity contribution in [3.63, 3.8) is 0 Å². The van der Waals surface area contributed by atoms with Gasteiger partial charge in [0.2, 0.25) is 0 Å². The first kappa shape index (κ1) is 7.79. The summed E-state index contributed by atoms with van der Waals surface area (Å²) in [4.78, 5) is 0. The summed E-state index contributed by atoms with van der Waals surface area (Å²) in [5.41, 5.74) is 1.12. The fourth-order valence-corrected chi connectivity index (χ4v) is 1.12. The van der Waals surface area contributed by atoms with Gasteiger partial charge >= 0.3 is 0 Å². The highest BCUT2D eigenvalue weighted by molar-refractivity contribution is 5.58. The van der Waals surface area contributed by atoms with Crippen LogP contribution in [0.15, 0.2) is 24.9 Å². The molecule has 0 atom stereocenters. The summed E-state index contributed by atoms with van der Waals surface area (Å²) in [6.45, 7) is 3.73. The summed E-state index contributed by atoms with van der Waals surface area (Å²) in [5, 5.41) is 3.11. The van der Waals surface area contributed by atoms with Crippen LogP contribution in [0.5, 0.6) is 0 Å². The van der Waals surface area contributed by atoms with Crippen molar-refractivity contribution < 1.29 is 4.57 Å². The Morgan fingerprint density at radius 2 is 2.36 bits per heavy atom. The van der Waals surface area contributed by atoms with Gasteiger partial charge in [-0.2, -0.15) is 0 Å². The standard InChI is InChI=1S/C9H12N2/c1-4-8-6-5-7-11(3)9(8)10-2/h4-7H,1H2,2-3H3/p+1. The minimum absolute atomic E-state index is 1.09. The lowest BCUT2D eigenvalue weighted by Gasteiger charge is -2.01. The Labute approximate surface area is 67.2 Å². The Kier molecular flexibility index (Phi) is 2.26. The van der Waals surface area contributed by atoms with E-state index in [9.17, 15) is 0 Å². The van der Waals surface area contributed by atoms with Crippen molar-refractivity contribution in [3.8, 4) is 0 Å². The number of rotatable bonds is 2. The van der Waals surface area contributed by atoms with Crippen LogP contribution in [0.4, 0.5) is 5.82 Å². The normalized spacial score (nSPS) is 9.27. The lowest BCUT2D eigenvalue weighted by molar-refractivity contribution is -0.657. The van der Waals surface area contributed by atoms with Crippen molar-refractivity contribution in [3.05, 3.63) is 30.5 Å². The summed E-state index contributed by atoms with van der Waals surface area (Å²) in [7, 11) is 3.90. The summed E-state index contributed by atoms with van der Waals surface area (Å²) < 4.78 is 2.02. The molecular weight excluding hydrogens is 136 g/mol. The molecule has 0 aliphatic heterocycles. The second kappa shape index (κ2) is 3.19. The predicted octanol–water partition coefficient (Wildman–Crippen LogP) is 1.20. The first-order chi connectivity index (χ1) is 5.29. The average molecular weight is 149 g/mol. The van der Waals surface area contributed by atoms with Crippen molar-refractivity contribution >= 4 is 11.9 Å². The van der Waals surface area contributed by atoms with Crippen LogP contribution in [-0.2, 0) is 7.05 Å². The molecule has 1 N–H and O–H groups in total. The molecule has 1 aromatic rings. The van der Waals surface area contributed by atoms with Gasteiger partial charge in [0.25, 0.3) is 5.82 Å². The van der Waals surface area contributed by atoms with Crippen LogP contribution < -0.4 is 9.88 Å². The first-order valence-electron chi connectivity index (χ1n) is 3.58. The number of anilines is 1. The van der Waals surface area contributed by atoms with Crippen LogP contribution in [0, 0.1) is 0 Å². The number of aryl methyl sites for hydroxylation is 1. The van der Waals surface area contributed by atoms with Gasteiger partial charge in [-0.05, 0) is 12.1 Å². The van der Waals surface area contributed by atoms with Gasteiger partial charge in [-0.3, -0.25) is 5.32 Å². The Morgan fingerprint density at radius 3 is 2.82 bits per heavy atom. The summed E-state index contributed by atoms with van der Waals surface area (Å²) in [6, 6.07) is 4.02. The van der Waals surface area contributed by atoms with Crippen molar-refractivity contribution in [2.45, 2.75) is 0 Å². The Bertz CT molecular complexity index is 266. The van der Waals surface area contributed by atoms with E-state index in [1.807, 2.05) is 43.1 Å². The molecule has 58 valence electrons. The van der Waals surface area contributed by atoms with Crippen molar-refractivity contribution in [1.29, 1.82) is 0 Å². The zero-order chi connectivity index (χ0) is 8.27. The second-order valence-corrected chi connectivity index (χ2v) is 2.38. The topological polar surface area (TPSA) is 15.9 Å². The molecule has 1 aromatic heterocycles. The number of pyridine rings is 1. The van der Waals surface area contributed by atoms with Gasteiger partial charge in [0.15, 0.2) is 0 Å². The predicted molar refractivity (Wildman–Crippen MR) is 47.3 cm³/mol. The first-order valence-corrected chi connectivity index (χ1v) is 3.58. The average Bonchev–Trinajstić information content (AvgIpc) is 2.04. The molecule has 0 radical (unpaired) electrons. The van der Waals surface area contributed by atoms with Crippen molar-refractivity contribution in [2.75, 3.05) is 12.4 Å². The van der Waals surface area contributed by atoms with Crippen LogP contribution in [0.1, 0.15) is 5.56 Å². The van der Waals surface area contributed by atoms with Gasteiger partial charge in [0, 0.05) is 0 Å². The molecule has 0 saturated carbocycles. The SMILES string of the molecule is C=Cc1ccc[n+](C)c1NC. The second-order valence-electron chi connectivity index (χ2n) is 2.38. The molecule has 11 heavy (non-hydrogen) atoms. The van der Waals surface area contributed by atoms with E-state index in [2.05, 4.69) is 11.9 Å². The smallest absolute Gasteiger partial charge is 0.277 e. The van der Waals surface area contributed by atoms with Gasteiger partial charge in [0.1, 0.15) is 0 Å². The fourth-order valence-electron chi connectivity index (χ4n) is 1.12.